The lowest BCUT2D eigenvalue weighted by Gasteiger charge is -2.14. The van der Waals surface area contributed by atoms with Crippen LogP contribution in [0.25, 0.3) is 0 Å². The lowest BCUT2D eigenvalue weighted by Crippen LogP contribution is -2.34. The number of imide groups is 1. The van der Waals surface area contributed by atoms with Crippen LogP contribution in [0.3, 0.4) is 0 Å². The first kappa shape index (κ1) is 14.1. The van der Waals surface area contributed by atoms with Crippen LogP contribution in [0, 0.1) is 0 Å². The normalized spacial score (nSPS) is 14.5. The average molecular weight is 276 g/mol. The number of methoxy groups -OCH3 is 2. The van der Waals surface area contributed by atoms with Crippen LogP contribution in [-0.4, -0.2) is 44.1 Å². The van der Waals surface area contributed by atoms with Crippen LogP contribution in [0.2, 0.25) is 0 Å². The number of ether oxygens (including phenoxy) is 2. The molecule has 1 aromatic carbocycles. The van der Waals surface area contributed by atoms with Gasteiger partial charge in [-0.25, -0.2) is 0 Å². The molecule has 0 bridgehead atoms. The summed E-state index contributed by atoms with van der Waals surface area (Å²) in [5.74, 6) is 0.0472. The summed E-state index contributed by atoms with van der Waals surface area (Å²) in [4.78, 5) is 24.9. The molecule has 0 spiro atoms. The molecule has 2 rings (SSSR count). The summed E-state index contributed by atoms with van der Waals surface area (Å²) in [5.41, 5.74) is 0.975. The standard InChI is InChI=1S/C14H16N2O4/c1-19-8-7-16-13(17)9-12(14(16)18)15-10-3-5-11(20-2)6-4-10/h3-6,9,15H,7-8H2,1-2H3. The number of hydrogen-bond acceptors (Lipinski definition) is 5. The number of amides is 2. The highest BCUT2D eigenvalue weighted by Gasteiger charge is 2.30. The molecule has 0 saturated carbocycles. The molecule has 1 aromatic rings. The van der Waals surface area contributed by atoms with Gasteiger partial charge in [0.05, 0.1) is 20.3 Å². The van der Waals surface area contributed by atoms with Crippen molar-refractivity contribution >= 4 is 17.5 Å². The van der Waals surface area contributed by atoms with Crippen LogP contribution in [0.4, 0.5) is 5.69 Å². The Bertz CT molecular complexity index is 537. The number of anilines is 1. The summed E-state index contributed by atoms with van der Waals surface area (Å²) >= 11 is 0. The van der Waals surface area contributed by atoms with Crippen LogP contribution in [-0.2, 0) is 14.3 Å². The van der Waals surface area contributed by atoms with Crippen LogP contribution < -0.4 is 10.1 Å². The van der Waals surface area contributed by atoms with E-state index in [1.54, 1.807) is 31.4 Å². The maximum atomic E-state index is 12.0. The first-order valence-electron chi connectivity index (χ1n) is 6.13. The summed E-state index contributed by atoms with van der Waals surface area (Å²) in [7, 11) is 3.10. The number of nitrogens with one attached hydrogen (secondary N) is 1. The molecule has 1 aliphatic rings. The third-order valence-electron chi connectivity index (χ3n) is 2.90. The fourth-order valence-corrected chi connectivity index (χ4v) is 1.82. The monoisotopic (exact) mass is 276 g/mol. The Balaban J connectivity index is 2.04. The molecule has 2 amide bonds. The van der Waals surface area contributed by atoms with Gasteiger partial charge >= 0.3 is 0 Å². The van der Waals surface area contributed by atoms with Gasteiger partial charge in [0, 0.05) is 18.9 Å². The Kier molecular flexibility index (Phi) is 4.37. The first-order valence-corrected chi connectivity index (χ1v) is 6.13. The highest BCUT2D eigenvalue weighted by atomic mass is 16.5. The molecule has 0 atom stereocenters. The van der Waals surface area contributed by atoms with Crippen LogP contribution >= 0.6 is 0 Å². The molecule has 6 nitrogen and oxygen atoms in total. The van der Waals surface area contributed by atoms with Crippen molar-refractivity contribution in [3.63, 3.8) is 0 Å². The minimum absolute atomic E-state index is 0.248. The second kappa shape index (κ2) is 6.21. The largest absolute Gasteiger partial charge is 0.497 e. The number of benzene rings is 1. The topological polar surface area (TPSA) is 67.9 Å². The lowest BCUT2D eigenvalue weighted by molar-refractivity contribution is -0.137. The SMILES string of the molecule is COCCN1C(=O)C=C(Nc2ccc(OC)cc2)C1=O. The van der Waals surface area contributed by atoms with Gasteiger partial charge in [0.2, 0.25) is 0 Å². The molecule has 0 unspecified atom stereocenters. The Morgan fingerprint density at radius 1 is 1.15 bits per heavy atom. The van der Waals surface area contributed by atoms with E-state index in [9.17, 15) is 9.59 Å². The zero-order valence-electron chi connectivity index (χ0n) is 11.4. The van der Waals surface area contributed by atoms with Gasteiger partial charge in [-0.15, -0.1) is 0 Å². The van der Waals surface area contributed by atoms with Crippen molar-refractivity contribution in [1.29, 1.82) is 0 Å². The first-order chi connectivity index (χ1) is 9.65. The van der Waals surface area contributed by atoms with Crippen molar-refractivity contribution in [3.8, 4) is 5.75 Å². The van der Waals surface area contributed by atoms with E-state index < -0.39 is 0 Å². The van der Waals surface area contributed by atoms with E-state index in [2.05, 4.69) is 5.32 Å². The number of rotatable bonds is 6. The predicted octanol–water partition coefficient (Wildman–Crippen LogP) is 1.01. The fraction of sp³-hybridized carbons (Fsp3) is 0.286. The van der Waals surface area contributed by atoms with E-state index in [0.29, 0.717) is 12.3 Å². The number of carbonyl (C=O) groups excluding carboxylic acids is 2. The van der Waals surface area contributed by atoms with E-state index in [1.807, 2.05) is 0 Å². The van der Waals surface area contributed by atoms with Crippen molar-refractivity contribution in [3.05, 3.63) is 36.0 Å². The third kappa shape index (κ3) is 2.97. The second-order valence-corrected chi connectivity index (χ2v) is 4.20. The minimum Gasteiger partial charge on any atom is -0.497 e. The second-order valence-electron chi connectivity index (χ2n) is 4.20. The molecule has 20 heavy (non-hydrogen) atoms. The summed E-state index contributed by atoms with van der Waals surface area (Å²) in [6.07, 6.45) is 1.29. The maximum Gasteiger partial charge on any atom is 0.277 e. The van der Waals surface area contributed by atoms with Gasteiger partial charge in [-0.2, -0.15) is 0 Å². The molecule has 0 fully saturated rings. The minimum atomic E-state index is -0.345. The zero-order valence-corrected chi connectivity index (χ0v) is 11.4. The van der Waals surface area contributed by atoms with E-state index >= 15 is 0 Å². The molecule has 1 N–H and O–H groups in total. The van der Waals surface area contributed by atoms with E-state index in [0.717, 1.165) is 10.6 Å². The molecular formula is C14H16N2O4. The van der Waals surface area contributed by atoms with E-state index in [-0.39, 0.29) is 24.1 Å². The Morgan fingerprint density at radius 3 is 2.45 bits per heavy atom. The van der Waals surface area contributed by atoms with Gasteiger partial charge in [-0.1, -0.05) is 0 Å². The summed E-state index contributed by atoms with van der Waals surface area (Å²) in [6, 6.07) is 7.09. The van der Waals surface area contributed by atoms with Crippen LogP contribution in [0.1, 0.15) is 0 Å². The number of nitrogens with zero attached hydrogens (tertiary/aromatic N) is 1. The molecule has 0 radical (unpaired) electrons. The van der Waals surface area contributed by atoms with Crippen molar-refractivity contribution in [2.75, 3.05) is 32.7 Å². The molecular weight excluding hydrogens is 260 g/mol. The van der Waals surface area contributed by atoms with Gasteiger partial charge in [-0.05, 0) is 24.3 Å². The van der Waals surface area contributed by atoms with Crippen LogP contribution in [0.15, 0.2) is 36.0 Å². The van der Waals surface area contributed by atoms with Gasteiger partial charge in [0.15, 0.2) is 0 Å². The van der Waals surface area contributed by atoms with E-state index in [4.69, 9.17) is 9.47 Å². The fourth-order valence-electron chi connectivity index (χ4n) is 1.82. The Hall–Kier alpha value is -2.34. The van der Waals surface area contributed by atoms with Gasteiger partial charge < -0.3 is 14.8 Å². The number of hydrogen-bond donors (Lipinski definition) is 1. The maximum absolute atomic E-state index is 12.0. The van der Waals surface area contributed by atoms with Gasteiger partial charge in [-0.3, -0.25) is 14.5 Å². The Morgan fingerprint density at radius 2 is 1.85 bits per heavy atom. The number of carbonyl (C=O) groups is 2. The lowest BCUT2D eigenvalue weighted by atomic mass is 10.3. The van der Waals surface area contributed by atoms with Crippen molar-refractivity contribution in [1.82, 2.24) is 4.90 Å². The van der Waals surface area contributed by atoms with E-state index in [1.165, 1.54) is 13.2 Å². The molecule has 1 heterocycles. The molecule has 1 aliphatic heterocycles. The highest BCUT2D eigenvalue weighted by molar-refractivity contribution is 6.17. The molecule has 0 saturated heterocycles. The summed E-state index contributed by atoms with van der Waals surface area (Å²) in [6.45, 7) is 0.569. The molecule has 0 aromatic heterocycles. The quantitative estimate of drug-likeness (QED) is 0.785. The molecule has 0 aliphatic carbocycles. The van der Waals surface area contributed by atoms with Crippen LogP contribution in [0.5, 0.6) is 5.75 Å². The predicted molar refractivity (Wildman–Crippen MR) is 73.3 cm³/mol. The zero-order chi connectivity index (χ0) is 14.5. The summed E-state index contributed by atoms with van der Waals surface area (Å²) < 4.78 is 9.93. The Labute approximate surface area is 117 Å². The van der Waals surface area contributed by atoms with Crippen molar-refractivity contribution < 1.29 is 19.1 Å². The van der Waals surface area contributed by atoms with Gasteiger partial charge in [0.1, 0.15) is 11.4 Å². The van der Waals surface area contributed by atoms with Crippen molar-refractivity contribution in [2.45, 2.75) is 0 Å². The third-order valence-corrected chi connectivity index (χ3v) is 2.90. The summed E-state index contributed by atoms with van der Waals surface area (Å²) in [5, 5.41) is 2.93. The molecule has 106 valence electrons. The van der Waals surface area contributed by atoms with Crippen molar-refractivity contribution in [2.24, 2.45) is 0 Å². The van der Waals surface area contributed by atoms with Gasteiger partial charge in [0.25, 0.3) is 11.8 Å². The average Bonchev–Trinajstić information content (AvgIpc) is 2.72. The smallest absolute Gasteiger partial charge is 0.277 e. The highest BCUT2D eigenvalue weighted by Crippen LogP contribution is 2.19. The molecule has 6 heteroatoms.